The number of aryl methyl sites for hydroxylation is 1. The van der Waals surface area contributed by atoms with Gasteiger partial charge < -0.3 is 9.63 Å². The molecular formula is C7H5N3O3. The highest BCUT2D eigenvalue weighted by atomic mass is 16.5. The van der Waals surface area contributed by atoms with Gasteiger partial charge >= 0.3 is 5.97 Å². The minimum atomic E-state index is -1.18. The van der Waals surface area contributed by atoms with E-state index in [0.29, 0.717) is 11.3 Å². The Kier molecular flexibility index (Phi) is 1.48. The van der Waals surface area contributed by atoms with Crippen LogP contribution in [0.4, 0.5) is 0 Å². The van der Waals surface area contributed by atoms with Crippen molar-refractivity contribution < 1.29 is 14.4 Å². The van der Waals surface area contributed by atoms with Crippen LogP contribution >= 0.6 is 0 Å². The van der Waals surface area contributed by atoms with Gasteiger partial charge in [0.25, 0.3) is 5.76 Å². The third-order valence-corrected chi connectivity index (χ3v) is 1.53. The van der Waals surface area contributed by atoms with Crippen molar-refractivity contribution in [1.29, 1.82) is 0 Å². The molecule has 0 saturated heterocycles. The zero-order valence-electron chi connectivity index (χ0n) is 6.68. The fraction of sp³-hybridized carbons (Fsp3) is 0.143. The van der Waals surface area contributed by atoms with E-state index in [1.807, 2.05) is 0 Å². The zero-order valence-corrected chi connectivity index (χ0v) is 6.68. The Morgan fingerprint density at radius 2 is 2.38 bits per heavy atom. The maximum absolute atomic E-state index is 10.6. The van der Waals surface area contributed by atoms with E-state index in [4.69, 9.17) is 5.11 Å². The Labute approximate surface area is 72.2 Å². The van der Waals surface area contributed by atoms with Gasteiger partial charge in [0.05, 0.1) is 6.20 Å². The summed E-state index contributed by atoms with van der Waals surface area (Å²) >= 11 is 0. The molecule has 0 aliphatic heterocycles. The van der Waals surface area contributed by atoms with Gasteiger partial charge in [-0.2, -0.15) is 0 Å². The van der Waals surface area contributed by atoms with Crippen LogP contribution in [-0.4, -0.2) is 26.2 Å². The SMILES string of the molecule is Cc1ncc2noc(C(=O)O)c2n1. The second-order valence-electron chi connectivity index (χ2n) is 2.47. The number of nitrogens with zero attached hydrogens (tertiary/aromatic N) is 3. The van der Waals surface area contributed by atoms with Gasteiger partial charge in [0, 0.05) is 0 Å². The molecule has 66 valence electrons. The first kappa shape index (κ1) is 7.66. The summed E-state index contributed by atoms with van der Waals surface area (Å²) < 4.78 is 4.58. The fourth-order valence-corrected chi connectivity index (χ4v) is 0.976. The van der Waals surface area contributed by atoms with Crippen LogP contribution in [0.15, 0.2) is 10.7 Å². The quantitative estimate of drug-likeness (QED) is 0.690. The highest BCUT2D eigenvalue weighted by Gasteiger charge is 2.16. The summed E-state index contributed by atoms with van der Waals surface area (Å²) in [6, 6.07) is 0. The molecule has 0 aromatic carbocycles. The second kappa shape index (κ2) is 2.51. The second-order valence-corrected chi connectivity index (χ2v) is 2.47. The molecule has 0 aliphatic rings. The molecule has 0 radical (unpaired) electrons. The van der Waals surface area contributed by atoms with Crippen molar-refractivity contribution >= 4 is 17.0 Å². The molecule has 0 aliphatic carbocycles. The number of aromatic nitrogens is 3. The lowest BCUT2D eigenvalue weighted by atomic mass is 10.3. The van der Waals surface area contributed by atoms with Crippen LogP contribution < -0.4 is 0 Å². The molecule has 0 fully saturated rings. The lowest BCUT2D eigenvalue weighted by molar-refractivity contribution is 0.0655. The number of fused-ring (bicyclic) bond motifs is 1. The normalized spacial score (nSPS) is 10.5. The Balaban J connectivity index is 2.79. The summed E-state index contributed by atoms with van der Waals surface area (Å²) in [6.07, 6.45) is 1.42. The molecule has 2 heterocycles. The molecule has 2 aromatic rings. The van der Waals surface area contributed by atoms with Crippen molar-refractivity contribution in [3.8, 4) is 0 Å². The molecule has 1 N–H and O–H groups in total. The maximum atomic E-state index is 10.6. The first-order chi connectivity index (χ1) is 6.18. The van der Waals surface area contributed by atoms with Crippen LogP contribution in [0.1, 0.15) is 16.4 Å². The Morgan fingerprint density at radius 3 is 3.08 bits per heavy atom. The third kappa shape index (κ3) is 1.12. The molecule has 0 bridgehead atoms. The van der Waals surface area contributed by atoms with E-state index < -0.39 is 5.97 Å². The smallest absolute Gasteiger partial charge is 0.377 e. The molecule has 0 spiro atoms. The summed E-state index contributed by atoms with van der Waals surface area (Å²) in [5.74, 6) is -0.945. The van der Waals surface area contributed by atoms with Crippen molar-refractivity contribution in [3.05, 3.63) is 17.8 Å². The summed E-state index contributed by atoms with van der Waals surface area (Å²) in [5.41, 5.74) is 0.586. The number of carboxylic acid groups (broad SMARTS) is 1. The fourth-order valence-electron chi connectivity index (χ4n) is 0.976. The minimum absolute atomic E-state index is 0.236. The zero-order chi connectivity index (χ0) is 9.42. The monoisotopic (exact) mass is 179 g/mol. The van der Waals surface area contributed by atoms with Crippen molar-refractivity contribution in [1.82, 2.24) is 15.1 Å². The number of rotatable bonds is 1. The lowest BCUT2D eigenvalue weighted by Crippen LogP contribution is -1.96. The first-order valence-corrected chi connectivity index (χ1v) is 3.51. The van der Waals surface area contributed by atoms with Crippen LogP contribution in [0.5, 0.6) is 0 Å². The highest BCUT2D eigenvalue weighted by Crippen LogP contribution is 2.14. The summed E-state index contributed by atoms with van der Waals surface area (Å²) in [6.45, 7) is 1.66. The van der Waals surface area contributed by atoms with E-state index in [2.05, 4.69) is 19.6 Å². The van der Waals surface area contributed by atoms with Gasteiger partial charge in [0.2, 0.25) is 0 Å². The molecular weight excluding hydrogens is 174 g/mol. The van der Waals surface area contributed by atoms with Gasteiger partial charge in [0.15, 0.2) is 5.52 Å². The number of hydrogen-bond acceptors (Lipinski definition) is 5. The molecule has 0 amide bonds. The average Bonchev–Trinajstić information content (AvgIpc) is 2.46. The molecule has 0 saturated carbocycles. The number of carboxylic acids is 1. The van der Waals surface area contributed by atoms with Crippen molar-refractivity contribution in [3.63, 3.8) is 0 Å². The molecule has 2 aromatic heterocycles. The van der Waals surface area contributed by atoms with Crippen molar-refractivity contribution in [2.24, 2.45) is 0 Å². The maximum Gasteiger partial charge on any atom is 0.377 e. The molecule has 6 nitrogen and oxygen atoms in total. The third-order valence-electron chi connectivity index (χ3n) is 1.53. The minimum Gasteiger partial charge on any atom is -0.475 e. The van der Waals surface area contributed by atoms with Gasteiger partial charge in [-0.15, -0.1) is 0 Å². The predicted molar refractivity (Wildman–Crippen MR) is 41.3 cm³/mol. The number of carbonyl (C=O) groups is 1. The van der Waals surface area contributed by atoms with E-state index in [0.717, 1.165) is 0 Å². The van der Waals surface area contributed by atoms with E-state index in [1.165, 1.54) is 6.20 Å². The van der Waals surface area contributed by atoms with Gasteiger partial charge in [-0.1, -0.05) is 5.16 Å². The topological polar surface area (TPSA) is 89.1 Å². The molecule has 6 heteroatoms. The van der Waals surface area contributed by atoms with Gasteiger partial charge in [-0.05, 0) is 6.92 Å². The largest absolute Gasteiger partial charge is 0.475 e. The van der Waals surface area contributed by atoms with Crippen molar-refractivity contribution in [2.45, 2.75) is 6.92 Å². The van der Waals surface area contributed by atoms with Crippen LogP contribution in [-0.2, 0) is 0 Å². The van der Waals surface area contributed by atoms with Gasteiger partial charge in [-0.25, -0.2) is 14.8 Å². The van der Waals surface area contributed by atoms with E-state index in [9.17, 15) is 4.79 Å². The first-order valence-electron chi connectivity index (χ1n) is 3.51. The average molecular weight is 179 g/mol. The van der Waals surface area contributed by atoms with Crippen LogP contribution in [0, 0.1) is 6.92 Å². The van der Waals surface area contributed by atoms with E-state index in [1.54, 1.807) is 6.92 Å². The number of hydrogen-bond donors (Lipinski definition) is 1. The molecule has 0 unspecified atom stereocenters. The molecule has 13 heavy (non-hydrogen) atoms. The van der Waals surface area contributed by atoms with Gasteiger partial charge in [0.1, 0.15) is 11.3 Å². The van der Waals surface area contributed by atoms with E-state index >= 15 is 0 Å². The van der Waals surface area contributed by atoms with Crippen LogP contribution in [0.3, 0.4) is 0 Å². The number of aromatic carboxylic acids is 1. The highest BCUT2D eigenvalue weighted by molar-refractivity contribution is 5.97. The van der Waals surface area contributed by atoms with Crippen molar-refractivity contribution in [2.75, 3.05) is 0 Å². The summed E-state index contributed by atoms with van der Waals surface area (Å²) in [7, 11) is 0. The molecule has 2 rings (SSSR count). The van der Waals surface area contributed by atoms with Gasteiger partial charge in [-0.3, -0.25) is 0 Å². The summed E-state index contributed by atoms with van der Waals surface area (Å²) in [4.78, 5) is 18.4. The Morgan fingerprint density at radius 1 is 1.62 bits per heavy atom. The van der Waals surface area contributed by atoms with Crippen LogP contribution in [0.2, 0.25) is 0 Å². The van der Waals surface area contributed by atoms with Crippen LogP contribution in [0.25, 0.3) is 11.0 Å². The predicted octanol–water partition coefficient (Wildman–Crippen LogP) is 0.624. The Bertz CT molecular complexity index is 477. The molecule has 0 atom stereocenters. The standard InChI is InChI=1S/C7H5N3O3/c1-3-8-2-4-5(9-3)6(7(11)12)13-10-4/h2H,1H3,(H,11,12). The van der Waals surface area contributed by atoms with E-state index in [-0.39, 0.29) is 11.3 Å². The lowest BCUT2D eigenvalue weighted by Gasteiger charge is -1.89. The summed E-state index contributed by atoms with van der Waals surface area (Å²) in [5, 5.41) is 12.2. The Hall–Kier alpha value is -1.98.